The Bertz CT molecular complexity index is 687. The van der Waals surface area contributed by atoms with Crippen molar-refractivity contribution in [2.45, 2.75) is 44.4 Å². The van der Waals surface area contributed by atoms with Crippen LogP contribution in [0.25, 0.3) is 0 Å². The van der Waals surface area contributed by atoms with Crippen molar-refractivity contribution >= 4 is 17.9 Å². The minimum Gasteiger partial charge on any atom is -0.478 e. The minimum atomic E-state index is -1.52. The number of aromatic carboxylic acids is 1. The normalized spacial score (nSPS) is 28.2. The Morgan fingerprint density at radius 2 is 1.81 bits per heavy atom. The molecule has 2 rings (SSSR count). The molecule has 1 aliphatic heterocycles. The molecule has 1 heterocycles. The van der Waals surface area contributed by atoms with Gasteiger partial charge in [-0.2, -0.15) is 0 Å². The van der Waals surface area contributed by atoms with Gasteiger partial charge in [0.15, 0.2) is 6.10 Å². The van der Waals surface area contributed by atoms with Crippen LogP contribution in [0.1, 0.15) is 35.9 Å². The van der Waals surface area contributed by atoms with E-state index in [0.717, 1.165) is 6.92 Å². The average molecular weight is 368 g/mol. The number of aliphatic hydroxyl groups excluding tert-OH is 2. The lowest BCUT2D eigenvalue weighted by atomic mass is 9.90. The molecule has 3 N–H and O–H groups in total. The highest BCUT2D eigenvalue weighted by atomic mass is 16.6. The predicted molar refractivity (Wildman–Crippen MR) is 85.2 cm³/mol. The van der Waals surface area contributed by atoms with Crippen LogP contribution in [0.15, 0.2) is 24.3 Å². The third kappa shape index (κ3) is 4.57. The fraction of sp³-hybridized carbons (Fsp3) is 0.471. The lowest BCUT2D eigenvalue weighted by molar-refractivity contribution is -0.242. The quantitative estimate of drug-likeness (QED) is 0.615. The first-order valence-corrected chi connectivity index (χ1v) is 7.86. The molecule has 0 spiro atoms. The number of carbonyl (C=O) groups is 3. The first-order chi connectivity index (χ1) is 12.2. The summed E-state index contributed by atoms with van der Waals surface area (Å²) in [6.07, 6.45) is -6.40. The second kappa shape index (κ2) is 8.26. The van der Waals surface area contributed by atoms with Crippen LogP contribution in [0.4, 0.5) is 0 Å². The van der Waals surface area contributed by atoms with Gasteiger partial charge in [-0.25, -0.2) is 4.79 Å². The van der Waals surface area contributed by atoms with Crippen LogP contribution < -0.4 is 0 Å². The number of carboxylic acids is 1. The summed E-state index contributed by atoms with van der Waals surface area (Å²) in [5, 5.41) is 29.8. The van der Waals surface area contributed by atoms with E-state index in [4.69, 9.17) is 19.3 Å². The molecular formula is C17H20O9. The van der Waals surface area contributed by atoms with E-state index < -0.39 is 48.4 Å². The highest BCUT2D eigenvalue weighted by Gasteiger charge is 2.47. The molecule has 9 heteroatoms. The smallest absolute Gasteiger partial charge is 0.335 e. The first-order valence-electron chi connectivity index (χ1n) is 7.86. The van der Waals surface area contributed by atoms with E-state index in [1.165, 1.54) is 31.2 Å². The van der Waals surface area contributed by atoms with Crippen LogP contribution in [0.3, 0.4) is 0 Å². The molecule has 0 aliphatic carbocycles. The Balaban J connectivity index is 2.30. The summed E-state index contributed by atoms with van der Waals surface area (Å²) in [5.41, 5.74) is 0.289. The van der Waals surface area contributed by atoms with E-state index in [0.29, 0.717) is 5.56 Å². The molecule has 1 aliphatic rings. The van der Waals surface area contributed by atoms with Crippen molar-refractivity contribution in [3.8, 4) is 0 Å². The van der Waals surface area contributed by atoms with Gasteiger partial charge < -0.3 is 29.5 Å². The van der Waals surface area contributed by atoms with Crippen LogP contribution in [-0.2, 0) is 23.8 Å². The highest BCUT2D eigenvalue weighted by molar-refractivity contribution is 5.87. The number of hydrogen-bond donors (Lipinski definition) is 3. The molecule has 1 aromatic carbocycles. The molecule has 1 fully saturated rings. The van der Waals surface area contributed by atoms with Crippen molar-refractivity contribution in [1.82, 2.24) is 0 Å². The van der Waals surface area contributed by atoms with Crippen LogP contribution in [0, 0.1) is 0 Å². The summed E-state index contributed by atoms with van der Waals surface area (Å²) in [6.45, 7) is 2.00. The first kappa shape index (κ1) is 19.8. The van der Waals surface area contributed by atoms with Gasteiger partial charge in [0.2, 0.25) is 0 Å². The lowest BCUT2D eigenvalue weighted by Gasteiger charge is -2.42. The maximum absolute atomic E-state index is 11.3. The minimum absolute atomic E-state index is 0.0218. The van der Waals surface area contributed by atoms with Crippen LogP contribution >= 0.6 is 0 Å². The molecule has 1 saturated heterocycles. The van der Waals surface area contributed by atoms with Crippen molar-refractivity contribution < 1.29 is 43.9 Å². The summed E-state index contributed by atoms with van der Waals surface area (Å²) in [4.78, 5) is 33.5. The zero-order chi connectivity index (χ0) is 19.4. The molecule has 142 valence electrons. The fourth-order valence-electron chi connectivity index (χ4n) is 2.73. The van der Waals surface area contributed by atoms with Gasteiger partial charge in [0, 0.05) is 13.8 Å². The van der Waals surface area contributed by atoms with E-state index >= 15 is 0 Å². The number of esters is 2. The Hall–Kier alpha value is -2.49. The third-order valence-electron chi connectivity index (χ3n) is 3.90. The van der Waals surface area contributed by atoms with E-state index in [1.807, 2.05) is 0 Å². The van der Waals surface area contributed by atoms with Crippen molar-refractivity contribution in [3.05, 3.63) is 35.4 Å². The average Bonchev–Trinajstić information content (AvgIpc) is 2.58. The molecule has 0 aromatic heterocycles. The highest BCUT2D eigenvalue weighted by Crippen LogP contribution is 2.34. The number of hydrogen-bond acceptors (Lipinski definition) is 8. The van der Waals surface area contributed by atoms with Gasteiger partial charge >= 0.3 is 17.9 Å². The van der Waals surface area contributed by atoms with Gasteiger partial charge in [0.25, 0.3) is 0 Å². The van der Waals surface area contributed by atoms with Gasteiger partial charge in [-0.05, 0) is 17.7 Å². The van der Waals surface area contributed by atoms with Crippen LogP contribution in [-0.4, -0.2) is 64.3 Å². The second-order valence-electron chi connectivity index (χ2n) is 5.88. The Morgan fingerprint density at radius 3 is 2.38 bits per heavy atom. The van der Waals surface area contributed by atoms with Gasteiger partial charge in [-0.1, -0.05) is 12.1 Å². The van der Waals surface area contributed by atoms with Gasteiger partial charge in [0.1, 0.15) is 31.0 Å². The Kier molecular flexibility index (Phi) is 6.30. The van der Waals surface area contributed by atoms with E-state index in [2.05, 4.69) is 0 Å². The number of carbonyl (C=O) groups excluding carboxylic acids is 2. The topological polar surface area (TPSA) is 140 Å². The maximum Gasteiger partial charge on any atom is 0.335 e. The molecule has 26 heavy (non-hydrogen) atoms. The second-order valence-corrected chi connectivity index (χ2v) is 5.88. The zero-order valence-corrected chi connectivity index (χ0v) is 14.2. The monoisotopic (exact) mass is 368 g/mol. The fourth-order valence-corrected chi connectivity index (χ4v) is 2.73. The van der Waals surface area contributed by atoms with Crippen LogP contribution in [0.5, 0.6) is 0 Å². The molecule has 9 nitrogen and oxygen atoms in total. The van der Waals surface area contributed by atoms with Gasteiger partial charge in [-0.3, -0.25) is 9.59 Å². The van der Waals surface area contributed by atoms with Crippen molar-refractivity contribution in [1.29, 1.82) is 0 Å². The molecular weight excluding hydrogens is 348 g/mol. The summed E-state index contributed by atoms with van der Waals surface area (Å²) in [7, 11) is 0. The summed E-state index contributed by atoms with van der Waals surface area (Å²) >= 11 is 0. The molecule has 0 unspecified atom stereocenters. The SMILES string of the molecule is CC(=O)OC[C@H]1O[C@H](c2cccc(C(=O)O)c2)[C@@H](O)[C@@H](O)[C@@H]1OC(C)=O. The van der Waals surface area contributed by atoms with E-state index in [-0.39, 0.29) is 12.2 Å². The van der Waals surface area contributed by atoms with Crippen molar-refractivity contribution in [2.24, 2.45) is 0 Å². The summed E-state index contributed by atoms with van der Waals surface area (Å²) < 4.78 is 15.6. The predicted octanol–water partition coefficient (Wildman–Crippen LogP) is 0.0413. The van der Waals surface area contributed by atoms with Crippen molar-refractivity contribution in [2.75, 3.05) is 6.61 Å². The number of ether oxygens (including phenoxy) is 3. The molecule has 0 amide bonds. The number of aliphatic hydroxyl groups is 2. The molecule has 0 bridgehead atoms. The maximum atomic E-state index is 11.3. The van der Waals surface area contributed by atoms with Gasteiger partial charge in [-0.15, -0.1) is 0 Å². The molecule has 5 atom stereocenters. The zero-order valence-electron chi connectivity index (χ0n) is 14.2. The Labute approximate surface area is 149 Å². The Morgan fingerprint density at radius 1 is 1.12 bits per heavy atom. The van der Waals surface area contributed by atoms with Crippen molar-refractivity contribution in [3.63, 3.8) is 0 Å². The number of benzene rings is 1. The standard InChI is InChI=1S/C17H20O9/c1-8(18)24-7-12-16(25-9(2)19)14(21)13(20)15(26-12)10-4-3-5-11(6-10)17(22)23/h3-6,12-16,20-21H,7H2,1-2H3,(H,22,23)/t12-,13+,14-,15-,16-/m1/s1. The third-order valence-corrected chi connectivity index (χ3v) is 3.90. The summed E-state index contributed by atoms with van der Waals surface area (Å²) in [6, 6.07) is 5.68. The van der Waals surface area contributed by atoms with E-state index in [9.17, 15) is 24.6 Å². The largest absolute Gasteiger partial charge is 0.478 e. The van der Waals surface area contributed by atoms with E-state index in [1.54, 1.807) is 0 Å². The molecule has 0 radical (unpaired) electrons. The number of carboxylic acid groups (broad SMARTS) is 1. The lowest BCUT2D eigenvalue weighted by Crippen LogP contribution is -2.57. The molecule has 0 saturated carbocycles. The summed E-state index contributed by atoms with van der Waals surface area (Å²) in [5.74, 6) is -2.46. The number of rotatable bonds is 5. The molecule has 1 aromatic rings. The van der Waals surface area contributed by atoms with Gasteiger partial charge in [0.05, 0.1) is 5.56 Å². The van der Waals surface area contributed by atoms with Crippen LogP contribution in [0.2, 0.25) is 0 Å².